The van der Waals surface area contributed by atoms with Crippen LogP contribution in [0.15, 0.2) is 22.7 Å². The van der Waals surface area contributed by atoms with E-state index in [0.29, 0.717) is 5.92 Å². The fraction of sp³-hybridized carbons (Fsp3) is 0.600. The molecule has 0 spiro atoms. The van der Waals surface area contributed by atoms with Gasteiger partial charge in [0.2, 0.25) is 0 Å². The fourth-order valence-corrected chi connectivity index (χ4v) is 2.65. The topological polar surface area (TPSA) is 18.5 Å². The summed E-state index contributed by atoms with van der Waals surface area (Å²) in [6.45, 7) is 12.7. The molecule has 19 heavy (non-hydrogen) atoms. The maximum Gasteiger partial charge on any atom is 0.495 e. The molecule has 0 unspecified atom stereocenters. The summed E-state index contributed by atoms with van der Waals surface area (Å²) in [5.74, 6) is 0.517. The van der Waals surface area contributed by atoms with E-state index in [2.05, 4.69) is 75.7 Å². The number of rotatable bonds is 2. The molecule has 0 atom stereocenters. The third-order valence-corrected chi connectivity index (χ3v) is 4.89. The van der Waals surface area contributed by atoms with Crippen molar-refractivity contribution in [2.75, 3.05) is 0 Å². The standard InChI is InChI=1S/C15H22BBrO2/c1-10(2)11-7-8-12(13(17)9-11)16-18-14(3,4)15(5,6)19-16/h7-10H,1-6H3. The molecule has 1 heterocycles. The molecule has 1 aliphatic rings. The number of halogens is 1. The number of benzene rings is 1. The second kappa shape index (κ2) is 4.90. The molecule has 2 rings (SSSR count). The summed E-state index contributed by atoms with van der Waals surface area (Å²) in [4.78, 5) is 0. The van der Waals surface area contributed by atoms with Crippen LogP contribution >= 0.6 is 15.9 Å². The first-order valence-electron chi connectivity index (χ1n) is 6.79. The molecular formula is C15H22BBrO2. The molecule has 0 N–H and O–H groups in total. The lowest BCUT2D eigenvalue weighted by atomic mass is 9.78. The zero-order chi connectivity index (χ0) is 14.4. The van der Waals surface area contributed by atoms with Crippen molar-refractivity contribution < 1.29 is 9.31 Å². The van der Waals surface area contributed by atoms with Crippen LogP contribution in [0.3, 0.4) is 0 Å². The van der Waals surface area contributed by atoms with Crippen LogP contribution in [-0.2, 0) is 9.31 Å². The van der Waals surface area contributed by atoms with Gasteiger partial charge in [0.15, 0.2) is 0 Å². The molecule has 0 aromatic heterocycles. The molecule has 104 valence electrons. The summed E-state index contributed by atoms with van der Waals surface area (Å²) in [7, 11) is -0.305. The average molecular weight is 325 g/mol. The first kappa shape index (κ1) is 15.1. The SMILES string of the molecule is CC(C)c1ccc(B2OC(C)(C)C(C)(C)O2)c(Br)c1. The van der Waals surface area contributed by atoms with Gasteiger partial charge < -0.3 is 9.31 Å². The maximum absolute atomic E-state index is 6.08. The maximum atomic E-state index is 6.08. The first-order chi connectivity index (χ1) is 8.64. The van der Waals surface area contributed by atoms with Crippen LogP contribution in [0.4, 0.5) is 0 Å². The van der Waals surface area contributed by atoms with E-state index in [1.807, 2.05) is 0 Å². The Bertz CT molecular complexity index is 467. The summed E-state index contributed by atoms with van der Waals surface area (Å²) >= 11 is 3.64. The van der Waals surface area contributed by atoms with Crippen LogP contribution in [0.2, 0.25) is 0 Å². The quantitative estimate of drug-likeness (QED) is 0.769. The fourth-order valence-electron chi connectivity index (χ4n) is 2.06. The van der Waals surface area contributed by atoms with Gasteiger partial charge in [0.1, 0.15) is 0 Å². The number of hydrogen-bond acceptors (Lipinski definition) is 2. The lowest BCUT2D eigenvalue weighted by Crippen LogP contribution is -2.41. The summed E-state index contributed by atoms with van der Waals surface area (Å²) in [5.41, 5.74) is 1.77. The molecule has 0 radical (unpaired) electrons. The third-order valence-electron chi connectivity index (χ3n) is 4.20. The zero-order valence-corrected chi connectivity index (χ0v) is 14.2. The summed E-state index contributed by atoms with van der Waals surface area (Å²) < 4.78 is 13.2. The molecule has 1 fully saturated rings. The first-order valence-corrected chi connectivity index (χ1v) is 7.58. The van der Waals surface area contributed by atoms with Crippen LogP contribution in [0.1, 0.15) is 53.0 Å². The molecule has 1 aromatic carbocycles. The molecule has 2 nitrogen and oxygen atoms in total. The summed E-state index contributed by atoms with van der Waals surface area (Å²) in [5, 5.41) is 0. The van der Waals surface area contributed by atoms with Gasteiger partial charge in [-0.15, -0.1) is 0 Å². The Labute approximate surface area is 125 Å². The van der Waals surface area contributed by atoms with E-state index in [1.165, 1.54) is 5.56 Å². The van der Waals surface area contributed by atoms with Crippen molar-refractivity contribution in [2.24, 2.45) is 0 Å². The van der Waals surface area contributed by atoms with E-state index >= 15 is 0 Å². The lowest BCUT2D eigenvalue weighted by Gasteiger charge is -2.32. The van der Waals surface area contributed by atoms with Crippen LogP contribution in [-0.4, -0.2) is 18.3 Å². The van der Waals surface area contributed by atoms with Gasteiger partial charge >= 0.3 is 7.12 Å². The normalized spacial score (nSPS) is 21.2. The lowest BCUT2D eigenvalue weighted by molar-refractivity contribution is 0.00578. The molecule has 1 aromatic rings. The smallest absolute Gasteiger partial charge is 0.399 e. The highest BCUT2D eigenvalue weighted by atomic mass is 79.9. The largest absolute Gasteiger partial charge is 0.495 e. The molecule has 0 saturated carbocycles. The van der Waals surface area contributed by atoms with E-state index in [-0.39, 0.29) is 18.3 Å². The van der Waals surface area contributed by atoms with Gasteiger partial charge in [-0.2, -0.15) is 0 Å². The van der Waals surface area contributed by atoms with E-state index in [1.54, 1.807) is 0 Å². The second-order valence-electron chi connectivity index (χ2n) is 6.52. The van der Waals surface area contributed by atoms with Crippen LogP contribution in [0.5, 0.6) is 0 Å². The van der Waals surface area contributed by atoms with Gasteiger partial charge in [-0.25, -0.2) is 0 Å². The van der Waals surface area contributed by atoms with Crippen molar-refractivity contribution in [3.8, 4) is 0 Å². The highest BCUT2D eigenvalue weighted by Crippen LogP contribution is 2.37. The van der Waals surface area contributed by atoms with E-state index < -0.39 is 0 Å². The van der Waals surface area contributed by atoms with Gasteiger partial charge in [0.25, 0.3) is 0 Å². The predicted molar refractivity (Wildman–Crippen MR) is 83.9 cm³/mol. The van der Waals surface area contributed by atoms with Crippen molar-refractivity contribution in [3.63, 3.8) is 0 Å². The molecular weight excluding hydrogens is 303 g/mol. The van der Waals surface area contributed by atoms with E-state index in [0.717, 1.165) is 9.94 Å². The van der Waals surface area contributed by atoms with Crippen molar-refractivity contribution >= 4 is 28.5 Å². The van der Waals surface area contributed by atoms with Gasteiger partial charge in [-0.05, 0) is 50.7 Å². The highest BCUT2D eigenvalue weighted by Gasteiger charge is 2.52. The van der Waals surface area contributed by atoms with Crippen molar-refractivity contribution in [2.45, 2.75) is 58.7 Å². The molecule has 1 aliphatic heterocycles. The minimum absolute atomic E-state index is 0.298. The Morgan fingerprint density at radius 2 is 1.58 bits per heavy atom. The second-order valence-corrected chi connectivity index (χ2v) is 7.38. The predicted octanol–water partition coefficient (Wildman–Crippen LogP) is 3.87. The monoisotopic (exact) mass is 324 g/mol. The van der Waals surface area contributed by atoms with E-state index in [9.17, 15) is 0 Å². The van der Waals surface area contributed by atoms with Gasteiger partial charge in [0.05, 0.1) is 11.2 Å². The Hall–Kier alpha value is -0.315. The van der Waals surface area contributed by atoms with Crippen LogP contribution in [0.25, 0.3) is 0 Å². The Morgan fingerprint density at radius 1 is 1.05 bits per heavy atom. The molecule has 0 amide bonds. The highest BCUT2D eigenvalue weighted by molar-refractivity contribution is 9.10. The third kappa shape index (κ3) is 2.76. The van der Waals surface area contributed by atoms with Crippen LogP contribution < -0.4 is 5.46 Å². The van der Waals surface area contributed by atoms with Gasteiger partial charge in [-0.3, -0.25) is 0 Å². The van der Waals surface area contributed by atoms with Crippen LogP contribution in [0, 0.1) is 0 Å². The summed E-state index contributed by atoms with van der Waals surface area (Å²) in [6, 6.07) is 6.41. The Morgan fingerprint density at radius 3 is 2.00 bits per heavy atom. The molecule has 0 aliphatic carbocycles. The Balaban J connectivity index is 2.30. The molecule has 4 heteroatoms. The van der Waals surface area contributed by atoms with E-state index in [4.69, 9.17) is 9.31 Å². The van der Waals surface area contributed by atoms with Crippen molar-refractivity contribution in [1.29, 1.82) is 0 Å². The van der Waals surface area contributed by atoms with Crippen molar-refractivity contribution in [3.05, 3.63) is 28.2 Å². The minimum Gasteiger partial charge on any atom is -0.399 e. The van der Waals surface area contributed by atoms with Gasteiger partial charge in [-0.1, -0.05) is 41.9 Å². The van der Waals surface area contributed by atoms with Gasteiger partial charge in [0, 0.05) is 4.47 Å². The Kier molecular flexibility index (Phi) is 3.89. The number of hydrogen-bond donors (Lipinski definition) is 0. The molecule has 1 saturated heterocycles. The van der Waals surface area contributed by atoms with Crippen molar-refractivity contribution in [1.82, 2.24) is 0 Å². The molecule has 0 bridgehead atoms. The zero-order valence-electron chi connectivity index (χ0n) is 12.6. The average Bonchev–Trinajstić information content (AvgIpc) is 2.47. The minimum atomic E-state index is -0.305. The summed E-state index contributed by atoms with van der Waals surface area (Å²) in [6.07, 6.45) is 0.